The van der Waals surface area contributed by atoms with E-state index in [2.05, 4.69) is 68.0 Å². The summed E-state index contributed by atoms with van der Waals surface area (Å²) in [5.41, 5.74) is 3.46. The average Bonchev–Trinajstić information content (AvgIpc) is 2.36. The SMILES string of the molecule is Cc1cccc(N=Cc2ccccc2S[Si](C)(C)C)c1. The van der Waals surface area contributed by atoms with E-state index in [0.717, 1.165) is 5.69 Å². The van der Waals surface area contributed by atoms with Crippen LogP contribution in [0.1, 0.15) is 11.1 Å². The first-order valence-electron chi connectivity index (χ1n) is 6.83. The van der Waals surface area contributed by atoms with E-state index in [9.17, 15) is 0 Å². The highest BCUT2D eigenvalue weighted by Crippen LogP contribution is 2.31. The molecule has 0 aliphatic carbocycles. The van der Waals surface area contributed by atoms with Crippen molar-refractivity contribution in [3.8, 4) is 0 Å². The van der Waals surface area contributed by atoms with Crippen LogP contribution in [0.25, 0.3) is 0 Å². The zero-order valence-electron chi connectivity index (χ0n) is 12.6. The summed E-state index contributed by atoms with van der Waals surface area (Å²) < 4.78 is 0. The van der Waals surface area contributed by atoms with Crippen LogP contribution >= 0.6 is 11.2 Å². The molecule has 0 bridgehead atoms. The highest BCUT2D eigenvalue weighted by atomic mass is 32.4. The highest BCUT2D eigenvalue weighted by Gasteiger charge is 2.16. The van der Waals surface area contributed by atoms with Crippen molar-refractivity contribution in [2.24, 2.45) is 4.99 Å². The Kier molecular flexibility index (Phi) is 4.84. The van der Waals surface area contributed by atoms with Gasteiger partial charge in [0.1, 0.15) is 7.22 Å². The fraction of sp³-hybridized carbons (Fsp3) is 0.235. The third-order valence-electron chi connectivity index (χ3n) is 2.69. The zero-order valence-corrected chi connectivity index (χ0v) is 14.4. The lowest BCUT2D eigenvalue weighted by molar-refractivity contribution is 1.41. The Bertz CT molecular complexity index is 614. The standard InChI is InChI=1S/C17H21NSSi/c1-14-8-7-10-16(12-14)18-13-15-9-5-6-11-17(15)19-20(2,3)4/h5-13H,1-4H3. The monoisotopic (exact) mass is 299 g/mol. The van der Waals surface area contributed by atoms with Crippen LogP contribution in [0.15, 0.2) is 58.4 Å². The van der Waals surface area contributed by atoms with Crippen molar-refractivity contribution in [3.05, 3.63) is 59.7 Å². The molecule has 0 saturated heterocycles. The van der Waals surface area contributed by atoms with Crippen LogP contribution in [0.5, 0.6) is 0 Å². The van der Waals surface area contributed by atoms with Gasteiger partial charge < -0.3 is 0 Å². The van der Waals surface area contributed by atoms with Gasteiger partial charge in [-0.25, -0.2) is 0 Å². The molecule has 0 amide bonds. The molecule has 2 rings (SSSR count). The Morgan fingerprint density at radius 2 is 1.75 bits per heavy atom. The number of hydrogen-bond acceptors (Lipinski definition) is 2. The number of aliphatic imine (C=N–C) groups is 1. The van der Waals surface area contributed by atoms with Gasteiger partial charge >= 0.3 is 0 Å². The van der Waals surface area contributed by atoms with Crippen molar-refractivity contribution in [2.75, 3.05) is 0 Å². The minimum absolute atomic E-state index is 1.01. The number of aryl methyl sites for hydroxylation is 1. The predicted molar refractivity (Wildman–Crippen MR) is 94.1 cm³/mol. The third-order valence-corrected chi connectivity index (χ3v) is 6.39. The summed E-state index contributed by atoms with van der Waals surface area (Å²) in [6, 6.07) is 16.8. The summed E-state index contributed by atoms with van der Waals surface area (Å²) in [5, 5.41) is 0. The van der Waals surface area contributed by atoms with E-state index in [1.165, 1.54) is 16.0 Å². The molecule has 0 fully saturated rings. The van der Waals surface area contributed by atoms with Crippen LogP contribution in [0, 0.1) is 6.92 Å². The molecule has 20 heavy (non-hydrogen) atoms. The van der Waals surface area contributed by atoms with Crippen LogP contribution in [0.2, 0.25) is 19.6 Å². The molecule has 104 valence electrons. The van der Waals surface area contributed by atoms with E-state index in [1.807, 2.05) is 29.6 Å². The zero-order chi connectivity index (χ0) is 14.6. The van der Waals surface area contributed by atoms with Gasteiger partial charge in [0, 0.05) is 16.7 Å². The molecule has 0 heterocycles. The molecule has 0 spiro atoms. The average molecular weight is 300 g/mol. The molecule has 2 aromatic carbocycles. The lowest BCUT2D eigenvalue weighted by atomic mass is 10.2. The van der Waals surface area contributed by atoms with Crippen LogP contribution in [0.4, 0.5) is 5.69 Å². The van der Waals surface area contributed by atoms with E-state index < -0.39 is 7.22 Å². The fourth-order valence-electron chi connectivity index (χ4n) is 1.86. The van der Waals surface area contributed by atoms with Crippen molar-refractivity contribution in [1.29, 1.82) is 0 Å². The Balaban J connectivity index is 2.25. The number of rotatable bonds is 4. The third kappa shape index (κ3) is 4.65. The van der Waals surface area contributed by atoms with E-state index >= 15 is 0 Å². The van der Waals surface area contributed by atoms with Crippen molar-refractivity contribution >= 4 is 30.3 Å². The van der Waals surface area contributed by atoms with Gasteiger partial charge in [-0.2, -0.15) is 11.2 Å². The topological polar surface area (TPSA) is 12.4 Å². The van der Waals surface area contributed by atoms with E-state index in [-0.39, 0.29) is 0 Å². The maximum absolute atomic E-state index is 4.61. The molecule has 0 unspecified atom stereocenters. The summed E-state index contributed by atoms with van der Waals surface area (Å²) >= 11 is 2.01. The first kappa shape index (κ1) is 15.1. The maximum Gasteiger partial charge on any atom is 0.114 e. The maximum atomic E-state index is 4.61. The molecule has 0 N–H and O–H groups in total. The van der Waals surface area contributed by atoms with Crippen LogP contribution < -0.4 is 0 Å². The molecule has 3 heteroatoms. The first-order chi connectivity index (χ1) is 9.44. The van der Waals surface area contributed by atoms with Gasteiger partial charge in [-0.15, -0.1) is 0 Å². The smallest absolute Gasteiger partial charge is 0.114 e. The number of nitrogens with zero attached hydrogens (tertiary/aromatic N) is 1. The Labute approximate surface area is 126 Å². The van der Waals surface area contributed by atoms with Crippen molar-refractivity contribution in [1.82, 2.24) is 0 Å². The summed E-state index contributed by atoms with van der Waals surface area (Å²) in [6.07, 6.45) is 1.98. The van der Waals surface area contributed by atoms with Crippen molar-refractivity contribution in [2.45, 2.75) is 31.5 Å². The number of benzene rings is 2. The molecule has 0 atom stereocenters. The second-order valence-electron chi connectivity index (χ2n) is 5.85. The summed E-state index contributed by atoms with van der Waals surface area (Å²) in [6.45, 7) is 9.19. The first-order valence-corrected chi connectivity index (χ1v) is 11.9. The lowest BCUT2D eigenvalue weighted by Crippen LogP contribution is -2.13. The minimum atomic E-state index is -1.19. The molecule has 0 aromatic heterocycles. The summed E-state index contributed by atoms with van der Waals surface area (Å²) in [7, 11) is -1.19. The second-order valence-corrected chi connectivity index (χ2v) is 15.0. The fourth-order valence-corrected chi connectivity index (χ4v) is 5.44. The normalized spacial score (nSPS) is 12.0. The van der Waals surface area contributed by atoms with E-state index in [0.29, 0.717) is 0 Å². The van der Waals surface area contributed by atoms with Gasteiger partial charge in [-0.3, -0.25) is 4.99 Å². The molecule has 1 nitrogen and oxygen atoms in total. The van der Waals surface area contributed by atoms with Crippen LogP contribution in [-0.2, 0) is 0 Å². The minimum Gasteiger partial charge on any atom is -0.256 e. The van der Waals surface area contributed by atoms with Gasteiger partial charge in [0.2, 0.25) is 0 Å². The van der Waals surface area contributed by atoms with Crippen LogP contribution in [0.3, 0.4) is 0 Å². The largest absolute Gasteiger partial charge is 0.256 e. The summed E-state index contributed by atoms with van der Waals surface area (Å²) in [4.78, 5) is 5.94. The van der Waals surface area contributed by atoms with Gasteiger partial charge in [-0.1, -0.05) is 50.0 Å². The van der Waals surface area contributed by atoms with Gasteiger partial charge in [0.05, 0.1) is 5.69 Å². The Hall–Kier alpha value is -1.32. The second kappa shape index (κ2) is 6.42. The molecular weight excluding hydrogens is 278 g/mol. The Morgan fingerprint density at radius 1 is 1.00 bits per heavy atom. The lowest BCUT2D eigenvalue weighted by Gasteiger charge is -2.16. The van der Waals surface area contributed by atoms with Gasteiger partial charge in [0.15, 0.2) is 0 Å². The summed E-state index contributed by atoms with van der Waals surface area (Å²) in [5.74, 6) is 0. The quantitative estimate of drug-likeness (QED) is 0.523. The molecule has 0 saturated carbocycles. The molecule has 0 aliphatic rings. The van der Waals surface area contributed by atoms with Gasteiger partial charge in [0.25, 0.3) is 0 Å². The molecular formula is C17H21NSSi. The van der Waals surface area contributed by atoms with Crippen molar-refractivity contribution < 1.29 is 0 Å². The van der Waals surface area contributed by atoms with E-state index in [4.69, 9.17) is 0 Å². The molecule has 0 aliphatic heterocycles. The predicted octanol–water partition coefficient (Wildman–Crippen LogP) is 5.67. The van der Waals surface area contributed by atoms with E-state index in [1.54, 1.807) is 0 Å². The Morgan fingerprint density at radius 3 is 2.45 bits per heavy atom. The van der Waals surface area contributed by atoms with Crippen LogP contribution in [-0.4, -0.2) is 13.4 Å². The number of hydrogen-bond donors (Lipinski definition) is 0. The highest BCUT2D eigenvalue weighted by molar-refractivity contribution is 8.28. The molecule has 2 aromatic rings. The van der Waals surface area contributed by atoms with Gasteiger partial charge in [-0.05, 0) is 30.7 Å². The van der Waals surface area contributed by atoms with Crippen molar-refractivity contribution in [3.63, 3.8) is 0 Å². The molecule has 0 radical (unpaired) electrons.